The van der Waals surface area contributed by atoms with Gasteiger partial charge in [-0.1, -0.05) is 12.5 Å². The van der Waals surface area contributed by atoms with Crippen LogP contribution in [-0.4, -0.2) is 52.5 Å². The molecule has 1 aliphatic heterocycles. The average Bonchev–Trinajstić information content (AvgIpc) is 3.21. The van der Waals surface area contributed by atoms with E-state index in [-0.39, 0.29) is 18.5 Å². The van der Waals surface area contributed by atoms with Gasteiger partial charge in [-0.05, 0) is 27.2 Å². The third-order valence-corrected chi connectivity index (χ3v) is 4.18. The van der Waals surface area contributed by atoms with E-state index in [0.29, 0.717) is 19.0 Å². The van der Waals surface area contributed by atoms with E-state index in [0.717, 1.165) is 17.8 Å². The highest BCUT2D eigenvalue weighted by Gasteiger charge is 2.34. The lowest BCUT2D eigenvalue weighted by atomic mass is 10.1. The van der Waals surface area contributed by atoms with Crippen LogP contribution in [0.5, 0.6) is 0 Å². The number of carbonyl (C=O) groups excluding carboxylic acids is 2. The summed E-state index contributed by atoms with van der Waals surface area (Å²) < 4.78 is 5.31. The van der Waals surface area contributed by atoms with E-state index in [4.69, 9.17) is 4.74 Å². The zero-order valence-electron chi connectivity index (χ0n) is 15.4. The molecule has 0 aliphatic carbocycles. The van der Waals surface area contributed by atoms with Crippen LogP contribution in [0.3, 0.4) is 0 Å². The summed E-state index contributed by atoms with van der Waals surface area (Å²) in [4.78, 5) is 34.5. The molecule has 0 aromatic carbocycles. The van der Waals surface area contributed by atoms with Crippen LogP contribution in [0.1, 0.15) is 36.6 Å². The van der Waals surface area contributed by atoms with Crippen LogP contribution in [0.25, 0.3) is 0 Å². The largest absolute Gasteiger partial charge is 0.379 e. The van der Waals surface area contributed by atoms with Crippen molar-refractivity contribution in [3.8, 4) is 11.8 Å². The first-order chi connectivity index (χ1) is 12.5. The number of aryl methyl sites for hydroxylation is 2. The Balaban J connectivity index is 2.40. The van der Waals surface area contributed by atoms with Crippen molar-refractivity contribution in [3.05, 3.63) is 35.6 Å². The zero-order valence-corrected chi connectivity index (χ0v) is 15.4. The van der Waals surface area contributed by atoms with Gasteiger partial charge in [0.05, 0.1) is 24.9 Å². The summed E-state index contributed by atoms with van der Waals surface area (Å²) in [5.41, 5.74) is 4.08. The van der Waals surface area contributed by atoms with E-state index in [1.165, 1.54) is 11.0 Å². The summed E-state index contributed by atoms with van der Waals surface area (Å²) in [7, 11) is 0. The second kappa shape index (κ2) is 9.04. The molecule has 2 unspecified atom stereocenters. The molecule has 2 N–H and O–H groups in total. The lowest BCUT2D eigenvalue weighted by Gasteiger charge is -2.28. The molecule has 1 fully saturated rings. The highest BCUT2D eigenvalue weighted by atomic mass is 16.5. The Labute approximate surface area is 153 Å². The number of carbonyl (C=O) groups is 2. The van der Waals surface area contributed by atoms with Crippen LogP contribution in [-0.2, 0) is 14.3 Å². The Morgan fingerprint density at radius 2 is 2.31 bits per heavy atom. The lowest BCUT2D eigenvalue weighted by molar-refractivity contribution is -0.137. The second-order valence-electron chi connectivity index (χ2n) is 6.05. The van der Waals surface area contributed by atoms with Crippen molar-refractivity contribution >= 4 is 11.8 Å². The Kier molecular flexibility index (Phi) is 6.79. The number of amides is 2. The highest BCUT2D eigenvalue weighted by molar-refractivity contribution is 5.93. The predicted molar refractivity (Wildman–Crippen MR) is 97.0 cm³/mol. The first kappa shape index (κ1) is 19.5. The number of aromatic amines is 1. The van der Waals surface area contributed by atoms with E-state index in [1.807, 2.05) is 13.8 Å². The van der Waals surface area contributed by atoms with Crippen LogP contribution in [0.2, 0.25) is 0 Å². The van der Waals surface area contributed by atoms with Crippen molar-refractivity contribution in [2.24, 2.45) is 0 Å². The number of rotatable bonds is 6. The number of H-pyrrole nitrogens is 1. The van der Waals surface area contributed by atoms with Crippen LogP contribution in [0, 0.1) is 25.7 Å². The van der Waals surface area contributed by atoms with Gasteiger partial charge in [0.25, 0.3) is 11.8 Å². The minimum absolute atomic E-state index is 0.0775. The maximum Gasteiger partial charge on any atom is 0.256 e. The van der Waals surface area contributed by atoms with Crippen LogP contribution < -0.4 is 5.32 Å². The molecule has 1 aromatic rings. The smallest absolute Gasteiger partial charge is 0.256 e. The molecule has 1 aliphatic rings. The van der Waals surface area contributed by atoms with E-state index in [2.05, 4.69) is 39.4 Å². The standard InChI is InChI=1S/C19H24N4O3/c1-5-7-10-23(16(24)8-6-2)17(18-20-13(3)14(4)21-18)19(25)22-15-9-11-26-12-15/h8,15,17H,2,9-12H2,1,3-4H3,(H,20,21)(H,22,25). The van der Waals surface area contributed by atoms with Gasteiger partial charge in [0.15, 0.2) is 6.04 Å². The molecular weight excluding hydrogens is 332 g/mol. The topological polar surface area (TPSA) is 87.3 Å². The van der Waals surface area contributed by atoms with Crippen LogP contribution in [0.15, 0.2) is 18.4 Å². The quantitative estimate of drug-likeness (QED) is 0.455. The van der Waals surface area contributed by atoms with Gasteiger partial charge in [0.1, 0.15) is 5.82 Å². The van der Waals surface area contributed by atoms with E-state index >= 15 is 0 Å². The summed E-state index contributed by atoms with van der Waals surface area (Å²) in [5, 5.41) is 2.94. The maximum absolute atomic E-state index is 13.0. The van der Waals surface area contributed by atoms with Crippen molar-refractivity contribution < 1.29 is 14.3 Å². The van der Waals surface area contributed by atoms with Crippen LogP contribution >= 0.6 is 0 Å². The second-order valence-corrected chi connectivity index (χ2v) is 6.05. The summed E-state index contributed by atoms with van der Waals surface area (Å²) in [6.45, 7) is 9.99. The minimum atomic E-state index is -0.930. The SMILES string of the molecule is C=C=CC(=O)N(CC#CC)C(C(=O)NC1CCOC1)c1nc(C)c(C)[nH]1. The van der Waals surface area contributed by atoms with Gasteiger partial charge < -0.3 is 19.9 Å². The molecule has 0 bridgehead atoms. The third-order valence-electron chi connectivity index (χ3n) is 4.18. The Hall–Kier alpha value is -2.81. The van der Waals surface area contributed by atoms with E-state index in [9.17, 15) is 9.59 Å². The zero-order chi connectivity index (χ0) is 19.1. The fourth-order valence-corrected chi connectivity index (χ4v) is 2.68. The van der Waals surface area contributed by atoms with Gasteiger partial charge in [-0.2, -0.15) is 0 Å². The summed E-state index contributed by atoms with van der Waals surface area (Å²) in [6, 6.07) is -1.01. The van der Waals surface area contributed by atoms with Crippen molar-refractivity contribution in [2.45, 2.75) is 39.3 Å². The van der Waals surface area contributed by atoms with Crippen molar-refractivity contribution in [1.29, 1.82) is 0 Å². The molecule has 1 aromatic heterocycles. The molecule has 2 rings (SSSR count). The van der Waals surface area contributed by atoms with E-state index < -0.39 is 11.9 Å². The van der Waals surface area contributed by atoms with Crippen LogP contribution in [0.4, 0.5) is 0 Å². The first-order valence-corrected chi connectivity index (χ1v) is 8.45. The molecule has 2 amide bonds. The van der Waals surface area contributed by atoms with Gasteiger partial charge in [-0.25, -0.2) is 4.98 Å². The van der Waals surface area contributed by atoms with Gasteiger partial charge in [0, 0.05) is 18.4 Å². The lowest BCUT2D eigenvalue weighted by Crippen LogP contribution is -2.47. The Morgan fingerprint density at radius 3 is 2.85 bits per heavy atom. The monoisotopic (exact) mass is 356 g/mol. The van der Waals surface area contributed by atoms with Crippen molar-refractivity contribution in [3.63, 3.8) is 0 Å². The average molecular weight is 356 g/mol. The molecule has 138 valence electrons. The van der Waals surface area contributed by atoms with Crippen molar-refractivity contribution in [1.82, 2.24) is 20.2 Å². The molecule has 7 nitrogen and oxygen atoms in total. The van der Waals surface area contributed by atoms with Gasteiger partial charge >= 0.3 is 0 Å². The third kappa shape index (κ3) is 4.63. The molecule has 0 radical (unpaired) electrons. The number of hydrogen-bond donors (Lipinski definition) is 2. The fourth-order valence-electron chi connectivity index (χ4n) is 2.68. The fraction of sp³-hybridized carbons (Fsp3) is 0.474. The first-order valence-electron chi connectivity index (χ1n) is 8.45. The molecule has 2 atom stereocenters. The number of imidazole rings is 1. The normalized spacial score (nSPS) is 16.8. The number of hydrogen-bond acceptors (Lipinski definition) is 4. The predicted octanol–water partition coefficient (Wildman–Crippen LogP) is 1.17. The highest BCUT2D eigenvalue weighted by Crippen LogP contribution is 2.21. The minimum Gasteiger partial charge on any atom is -0.379 e. The summed E-state index contributed by atoms with van der Waals surface area (Å²) in [5.74, 6) is 5.28. The molecule has 1 saturated heterocycles. The molecule has 2 heterocycles. The van der Waals surface area contributed by atoms with E-state index in [1.54, 1.807) is 6.92 Å². The number of nitrogens with one attached hydrogen (secondary N) is 2. The van der Waals surface area contributed by atoms with Gasteiger partial charge in [-0.3, -0.25) is 9.59 Å². The molecule has 26 heavy (non-hydrogen) atoms. The van der Waals surface area contributed by atoms with Gasteiger partial charge in [-0.15, -0.1) is 11.7 Å². The van der Waals surface area contributed by atoms with Crippen molar-refractivity contribution in [2.75, 3.05) is 19.8 Å². The maximum atomic E-state index is 13.0. The molecular formula is C19H24N4O3. The Morgan fingerprint density at radius 1 is 1.54 bits per heavy atom. The number of nitrogens with zero attached hydrogens (tertiary/aromatic N) is 2. The molecule has 0 spiro atoms. The number of aromatic nitrogens is 2. The summed E-state index contributed by atoms with van der Waals surface area (Å²) in [6.07, 6.45) is 1.93. The van der Waals surface area contributed by atoms with Gasteiger partial charge in [0.2, 0.25) is 0 Å². The Bertz CT molecular complexity index is 755. The summed E-state index contributed by atoms with van der Waals surface area (Å²) >= 11 is 0. The number of ether oxygens (including phenoxy) is 1. The molecule has 7 heteroatoms. The molecule has 0 saturated carbocycles.